The van der Waals surface area contributed by atoms with Gasteiger partial charge in [0.25, 0.3) is 0 Å². The fraction of sp³-hybridized carbons (Fsp3) is 0.125. The third-order valence-electron chi connectivity index (χ3n) is 3.15. The molecule has 0 spiro atoms. The topological polar surface area (TPSA) is 89.6 Å². The normalized spacial score (nSPS) is 10.1. The first-order valence-electron chi connectivity index (χ1n) is 6.33. The minimum absolute atomic E-state index is 0.219. The molecule has 2 aromatic rings. The van der Waals surface area contributed by atoms with Crippen molar-refractivity contribution in [2.45, 2.75) is 13.5 Å². The molecule has 5 nitrogen and oxygen atoms in total. The number of hydrogen-bond donors (Lipinski definition) is 2. The van der Waals surface area contributed by atoms with Crippen LogP contribution in [0.25, 0.3) is 0 Å². The molecule has 3 N–H and O–H groups in total. The van der Waals surface area contributed by atoms with E-state index in [4.69, 9.17) is 15.6 Å². The molecule has 0 saturated carbocycles. The van der Waals surface area contributed by atoms with Gasteiger partial charge in [-0.1, -0.05) is 18.2 Å². The Morgan fingerprint density at radius 3 is 2.38 bits per heavy atom. The molecule has 2 rings (SSSR count). The Labute approximate surface area is 122 Å². The van der Waals surface area contributed by atoms with Crippen molar-refractivity contribution in [3.8, 4) is 5.75 Å². The van der Waals surface area contributed by atoms with E-state index in [0.29, 0.717) is 16.9 Å². The molecule has 0 unspecified atom stereocenters. The highest BCUT2D eigenvalue weighted by Crippen LogP contribution is 2.22. The van der Waals surface area contributed by atoms with E-state index in [-0.39, 0.29) is 12.2 Å². The van der Waals surface area contributed by atoms with Crippen LogP contribution in [0.3, 0.4) is 0 Å². The van der Waals surface area contributed by atoms with E-state index in [9.17, 15) is 9.59 Å². The van der Waals surface area contributed by atoms with Gasteiger partial charge in [0, 0.05) is 11.1 Å². The lowest BCUT2D eigenvalue weighted by Gasteiger charge is -2.11. The van der Waals surface area contributed by atoms with Crippen molar-refractivity contribution >= 4 is 11.9 Å². The van der Waals surface area contributed by atoms with Gasteiger partial charge in [0.1, 0.15) is 12.4 Å². The highest BCUT2D eigenvalue weighted by atomic mass is 16.5. The second kappa shape index (κ2) is 6.09. The van der Waals surface area contributed by atoms with Crippen LogP contribution in [-0.2, 0) is 6.61 Å². The summed E-state index contributed by atoms with van der Waals surface area (Å²) in [5, 5.41) is 9.06. The molecule has 0 heterocycles. The van der Waals surface area contributed by atoms with E-state index in [2.05, 4.69) is 0 Å². The number of ether oxygens (including phenoxy) is 1. The lowest BCUT2D eigenvalue weighted by Crippen LogP contribution is -2.10. The van der Waals surface area contributed by atoms with Crippen LogP contribution in [0.4, 0.5) is 0 Å². The summed E-state index contributed by atoms with van der Waals surface area (Å²) in [4.78, 5) is 22.0. The van der Waals surface area contributed by atoms with Gasteiger partial charge in [-0.15, -0.1) is 0 Å². The van der Waals surface area contributed by atoms with E-state index < -0.39 is 11.9 Å². The fourth-order valence-electron chi connectivity index (χ4n) is 1.93. The van der Waals surface area contributed by atoms with Gasteiger partial charge in [-0.25, -0.2) is 4.79 Å². The summed E-state index contributed by atoms with van der Waals surface area (Å²) < 4.78 is 5.63. The minimum Gasteiger partial charge on any atom is -0.489 e. The molecule has 1 amide bonds. The highest BCUT2D eigenvalue weighted by Gasteiger charge is 2.11. The number of carbonyl (C=O) groups is 2. The summed E-state index contributed by atoms with van der Waals surface area (Å²) in [5.41, 5.74) is 7.26. The largest absolute Gasteiger partial charge is 0.489 e. The molecular formula is C16H15NO4. The first-order valence-corrected chi connectivity index (χ1v) is 6.33. The monoisotopic (exact) mass is 285 g/mol. The number of amides is 1. The predicted molar refractivity (Wildman–Crippen MR) is 77.4 cm³/mol. The Morgan fingerprint density at radius 1 is 1.14 bits per heavy atom. The maximum absolute atomic E-state index is 11.1. The zero-order chi connectivity index (χ0) is 15.4. The third kappa shape index (κ3) is 3.39. The summed E-state index contributed by atoms with van der Waals surface area (Å²) in [6.45, 7) is 1.98. The minimum atomic E-state index is -0.983. The number of aromatic carboxylic acids is 1. The number of benzene rings is 2. The molecule has 0 fully saturated rings. The quantitative estimate of drug-likeness (QED) is 0.882. The molecule has 0 bridgehead atoms. The molecule has 0 aliphatic carbocycles. The molecule has 0 aliphatic rings. The summed E-state index contributed by atoms with van der Waals surface area (Å²) in [5.74, 6) is -0.940. The van der Waals surface area contributed by atoms with Gasteiger partial charge < -0.3 is 15.6 Å². The van der Waals surface area contributed by atoms with Crippen LogP contribution in [0.1, 0.15) is 31.8 Å². The maximum Gasteiger partial charge on any atom is 0.336 e. The molecule has 0 aromatic heterocycles. The maximum atomic E-state index is 11.1. The summed E-state index contributed by atoms with van der Waals surface area (Å²) in [7, 11) is 0. The molecule has 2 aromatic carbocycles. The summed E-state index contributed by atoms with van der Waals surface area (Å²) in [6, 6.07) is 11.6. The van der Waals surface area contributed by atoms with Gasteiger partial charge in [-0.05, 0) is 36.8 Å². The summed E-state index contributed by atoms with van der Waals surface area (Å²) in [6.07, 6.45) is 0. The molecule has 0 aliphatic heterocycles. The van der Waals surface area contributed by atoms with Crippen molar-refractivity contribution in [1.82, 2.24) is 0 Å². The lowest BCUT2D eigenvalue weighted by molar-refractivity contribution is 0.0695. The van der Waals surface area contributed by atoms with Crippen molar-refractivity contribution in [2.75, 3.05) is 0 Å². The smallest absolute Gasteiger partial charge is 0.336 e. The van der Waals surface area contributed by atoms with Crippen molar-refractivity contribution < 1.29 is 19.4 Å². The van der Waals surface area contributed by atoms with Gasteiger partial charge in [-0.3, -0.25) is 4.79 Å². The Morgan fingerprint density at radius 2 is 1.81 bits per heavy atom. The third-order valence-corrected chi connectivity index (χ3v) is 3.15. The van der Waals surface area contributed by atoms with Gasteiger partial charge in [0.2, 0.25) is 5.91 Å². The Kier molecular flexibility index (Phi) is 4.23. The van der Waals surface area contributed by atoms with Crippen molar-refractivity contribution in [2.24, 2.45) is 5.73 Å². The van der Waals surface area contributed by atoms with Crippen LogP contribution in [0.5, 0.6) is 5.75 Å². The number of carboxylic acids is 1. The van der Waals surface area contributed by atoms with Crippen molar-refractivity contribution in [1.29, 1.82) is 0 Å². The van der Waals surface area contributed by atoms with E-state index >= 15 is 0 Å². The van der Waals surface area contributed by atoms with Gasteiger partial charge in [0.15, 0.2) is 0 Å². The second-order valence-electron chi connectivity index (χ2n) is 4.58. The first kappa shape index (κ1) is 14.6. The lowest BCUT2D eigenvalue weighted by atomic mass is 10.1. The molecule has 5 heteroatoms. The molecule has 108 valence electrons. The Bertz CT molecular complexity index is 677. The average Bonchev–Trinajstić information content (AvgIpc) is 2.46. The van der Waals surface area contributed by atoms with Crippen LogP contribution in [0.15, 0.2) is 42.5 Å². The molecule has 0 saturated heterocycles. The van der Waals surface area contributed by atoms with Crippen LogP contribution in [0.2, 0.25) is 0 Å². The van der Waals surface area contributed by atoms with E-state index in [1.165, 1.54) is 6.07 Å². The van der Waals surface area contributed by atoms with E-state index in [0.717, 1.165) is 5.56 Å². The first-order chi connectivity index (χ1) is 9.99. The molecular weight excluding hydrogens is 270 g/mol. The summed E-state index contributed by atoms with van der Waals surface area (Å²) >= 11 is 0. The zero-order valence-corrected chi connectivity index (χ0v) is 11.5. The van der Waals surface area contributed by atoms with Crippen molar-refractivity contribution in [3.63, 3.8) is 0 Å². The molecule has 0 radical (unpaired) electrons. The number of hydrogen-bond acceptors (Lipinski definition) is 3. The van der Waals surface area contributed by atoms with E-state index in [1.807, 2.05) is 0 Å². The number of carboxylic acid groups (broad SMARTS) is 1. The standard InChI is InChI=1S/C16H15NO4/c1-10-13(16(19)20)3-2-4-14(10)21-9-11-5-7-12(8-6-11)15(17)18/h2-8H,9H2,1H3,(H2,17,18)(H,19,20). The zero-order valence-electron chi connectivity index (χ0n) is 11.5. The van der Waals surface area contributed by atoms with Crippen LogP contribution < -0.4 is 10.5 Å². The molecule has 21 heavy (non-hydrogen) atoms. The average molecular weight is 285 g/mol. The number of nitrogens with two attached hydrogens (primary N) is 1. The fourth-order valence-corrected chi connectivity index (χ4v) is 1.93. The predicted octanol–water partition coefficient (Wildman–Crippen LogP) is 2.37. The second-order valence-corrected chi connectivity index (χ2v) is 4.58. The van der Waals surface area contributed by atoms with Crippen molar-refractivity contribution in [3.05, 3.63) is 64.7 Å². The van der Waals surface area contributed by atoms with Crippen LogP contribution in [0, 0.1) is 6.92 Å². The Hall–Kier alpha value is -2.82. The van der Waals surface area contributed by atoms with Crippen LogP contribution in [-0.4, -0.2) is 17.0 Å². The number of primary amides is 1. The van der Waals surface area contributed by atoms with Gasteiger partial charge >= 0.3 is 5.97 Å². The highest BCUT2D eigenvalue weighted by molar-refractivity contribution is 5.92. The van der Waals surface area contributed by atoms with E-state index in [1.54, 1.807) is 43.3 Å². The van der Waals surface area contributed by atoms with Gasteiger partial charge in [-0.2, -0.15) is 0 Å². The SMILES string of the molecule is Cc1c(OCc2ccc(C(N)=O)cc2)cccc1C(=O)O. The molecule has 0 atom stereocenters. The number of rotatable bonds is 5. The Balaban J connectivity index is 2.11. The van der Waals surface area contributed by atoms with Gasteiger partial charge in [0.05, 0.1) is 5.56 Å². The number of carbonyl (C=O) groups excluding carboxylic acids is 1. The van der Waals surface area contributed by atoms with Crippen LogP contribution >= 0.6 is 0 Å².